The van der Waals surface area contributed by atoms with Gasteiger partial charge in [0.15, 0.2) is 0 Å². The van der Waals surface area contributed by atoms with E-state index in [1.807, 2.05) is 6.92 Å². The Morgan fingerprint density at radius 3 is 2.50 bits per heavy atom. The number of amides is 1. The number of rotatable bonds is 7. The molecule has 5 heteroatoms. The molecule has 1 atom stereocenters. The molecule has 4 nitrogen and oxygen atoms in total. The van der Waals surface area contributed by atoms with Crippen LogP contribution in [0, 0.1) is 11.7 Å². The number of hydrogen-bond donors (Lipinski definition) is 3. The van der Waals surface area contributed by atoms with E-state index in [4.69, 9.17) is 11.5 Å². The van der Waals surface area contributed by atoms with Gasteiger partial charge in [0.25, 0.3) is 5.91 Å². The van der Waals surface area contributed by atoms with Crippen molar-refractivity contribution in [3.63, 3.8) is 0 Å². The minimum Gasteiger partial charge on any atom is -0.398 e. The summed E-state index contributed by atoms with van der Waals surface area (Å²) in [5, 5.41) is 3.07. The van der Waals surface area contributed by atoms with E-state index in [0.717, 1.165) is 25.3 Å². The number of hydrogen-bond acceptors (Lipinski definition) is 3. The van der Waals surface area contributed by atoms with Crippen molar-refractivity contribution in [1.82, 2.24) is 0 Å². The van der Waals surface area contributed by atoms with E-state index >= 15 is 0 Å². The van der Waals surface area contributed by atoms with Crippen molar-refractivity contribution in [3.05, 3.63) is 23.5 Å². The molecule has 112 valence electrons. The van der Waals surface area contributed by atoms with E-state index in [9.17, 15) is 9.18 Å². The molecule has 0 saturated carbocycles. The number of benzene rings is 1. The van der Waals surface area contributed by atoms with Crippen LogP contribution in [0.15, 0.2) is 12.1 Å². The predicted molar refractivity (Wildman–Crippen MR) is 81.1 cm³/mol. The molecular formula is C15H24FN3O. The van der Waals surface area contributed by atoms with Gasteiger partial charge in [-0.25, -0.2) is 4.39 Å². The first-order chi connectivity index (χ1) is 9.31. The summed E-state index contributed by atoms with van der Waals surface area (Å²) in [5.41, 5.74) is 11.2. The summed E-state index contributed by atoms with van der Waals surface area (Å²) in [6.45, 7) is 6.34. The molecular weight excluding hydrogens is 257 g/mol. The van der Waals surface area contributed by atoms with Crippen molar-refractivity contribution in [3.8, 4) is 0 Å². The Labute approximate surface area is 119 Å². The van der Waals surface area contributed by atoms with Gasteiger partial charge in [-0.2, -0.15) is 0 Å². The molecule has 0 aromatic heterocycles. The summed E-state index contributed by atoms with van der Waals surface area (Å²) in [6, 6.07) is 2.63. The molecule has 0 spiro atoms. The Balaban J connectivity index is 2.71. The molecule has 1 aromatic rings. The van der Waals surface area contributed by atoms with Crippen LogP contribution in [0.5, 0.6) is 0 Å². The first kappa shape index (κ1) is 16.3. The number of carbonyl (C=O) groups excluding carboxylic acids is 1. The average Bonchev–Trinajstić information content (AvgIpc) is 2.31. The summed E-state index contributed by atoms with van der Waals surface area (Å²) in [4.78, 5) is 11.2. The normalized spacial score (nSPS) is 12.4. The molecule has 0 heterocycles. The number of primary amides is 1. The van der Waals surface area contributed by atoms with Gasteiger partial charge in [-0.05, 0) is 31.4 Å². The molecule has 0 fully saturated rings. The third kappa shape index (κ3) is 4.72. The summed E-state index contributed by atoms with van der Waals surface area (Å²) in [6.07, 6.45) is 3.15. The Morgan fingerprint density at radius 2 is 1.95 bits per heavy atom. The highest BCUT2D eigenvalue weighted by Crippen LogP contribution is 2.23. The third-order valence-corrected chi connectivity index (χ3v) is 3.23. The number of nitrogen functional groups attached to an aromatic ring is 1. The molecule has 0 radical (unpaired) electrons. The van der Waals surface area contributed by atoms with E-state index in [-0.39, 0.29) is 23.0 Å². The second-order valence-corrected chi connectivity index (χ2v) is 5.65. The number of halogens is 1. The molecule has 0 aliphatic heterocycles. The maximum absolute atomic E-state index is 13.8. The van der Waals surface area contributed by atoms with Crippen LogP contribution in [0.25, 0.3) is 0 Å². The predicted octanol–water partition coefficient (Wildman–Crippen LogP) is 3.13. The molecule has 1 amide bonds. The maximum Gasteiger partial charge on any atom is 0.250 e. The lowest BCUT2D eigenvalue weighted by atomic mass is 10.0. The summed E-state index contributed by atoms with van der Waals surface area (Å²) < 4.78 is 13.8. The molecule has 20 heavy (non-hydrogen) atoms. The minimum atomic E-state index is -0.655. The zero-order valence-corrected chi connectivity index (χ0v) is 12.4. The highest BCUT2D eigenvalue weighted by Gasteiger charge is 2.13. The van der Waals surface area contributed by atoms with Gasteiger partial charge in [0.05, 0.1) is 11.3 Å². The fourth-order valence-electron chi connectivity index (χ4n) is 2.08. The Bertz CT molecular complexity index is 474. The van der Waals surface area contributed by atoms with E-state index < -0.39 is 11.7 Å². The van der Waals surface area contributed by atoms with Crippen LogP contribution in [-0.2, 0) is 0 Å². The second kappa shape index (κ2) is 7.12. The molecule has 0 saturated heterocycles. The van der Waals surface area contributed by atoms with E-state index in [1.54, 1.807) is 0 Å². The highest BCUT2D eigenvalue weighted by molar-refractivity contribution is 5.99. The largest absolute Gasteiger partial charge is 0.398 e. The van der Waals surface area contributed by atoms with Crippen molar-refractivity contribution >= 4 is 17.3 Å². The van der Waals surface area contributed by atoms with Crippen molar-refractivity contribution in [2.45, 2.75) is 46.1 Å². The average molecular weight is 281 g/mol. The molecule has 0 aliphatic rings. The van der Waals surface area contributed by atoms with Crippen LogP contribution in [0.1, 0.15) is 50.4 Å². The lowest BCUT2D eigenvalue weighted by Gasteiger charge is -2.17. The quantitative estimate of drug-likeness (QED) is 0.672. The minimum absolute atomic E-state index is 0.0630. The van der Waals surface area contributed by atoms with Gasteiger partial charge >= 0.3 is 0 Å². The van der Waals surface area contributed by atoms with Crippen LogP contribution in [0.3, 0.4) is 0 Å². The first-order valence-corrected chi connectivity index (χ1v) is 6.96. The Hall–Kier alpha value is -1.78. The van der Waals surface area contributed by atoms with Crippen molar-refractivity contribution in [1.29, 1.82) is 0 Å². The molecule has 0 aliphatic carbocycles. The summed E-state index contributed by atoms with van der Waals surface area (Å²) in [5.74, 6) is -0.460. The maximum atomic E-state index is 13.8. The topological polar surface area (TPSA) is 81.1 Å². The summed E-state index contributed by atoms with van der Waals surface area (Å²) in [7, 11) is 0. The highest BCUT2D eigenvalue weighted by atomic mass is 19.1. The van der Waals surface area contributed by atoms with Gasteiger partial charge in [-0.3, -0.25) is 4.79 Å². The van der Waals surface area contributed by atoms with E-state index in [2.05, 4.69) is 19.2 Å². The lowest BCUT2D eigenvalue weighted by Crippen LogP contribution is -2.19. The van der Waals surface area contributed by atoms with Gasteiger partial charge in [-0.15, -0.1) is 0 Å². The number of nitrogens with one attached hydrogen (secondary N) is 1. The van der Waals surface area contributed by atoms with Crippen LogP contribution < -0.4 is 16.8 Å². The van der Waals surface area contributed by atoms with E-state index in [0.29, 0.717) is 5.92 Å². The first-order valence-electron chi connectivity index (χ1n) is 6.96. The van der Waals surface area contributed by atoms with Gasteiger partial charge in [0.2, 0.25) is 0 Å². The number of nitrogens with two attached hydrogens (primary N) is 2. The van der Waals surface area contributed by atoms with Crippen molar-refractivity contribution < 1.29 is 9.18 Å². The molecule has 5 N–H and O–H groups in total. The fourth-order valence-corrected chi connectivity index (χ4v) is 2.08. The third-order valence-electron chi connectivity index (χ3n) is 3.23. The van der Waals surface area contributed by atoms with Crippen LogP contribution in [0.4, 0.5) is 15.8 Å². The number of anilines is 2. The molecule has 1 unspecified atom stereocenters. The Morgan fingerprint density at radius 1 is 1.30 bits per heavy atom. The van der Waals surface area contributed by atoms with Gasteiger partial charge in [-0.1, -0.05) is 26.7 Å². The second-order valence-electron chi connectivity index (χ2n) is 5.65. The number of carbonyl (C=O) groups is 1. The fraction of sp³-hybridized carbons (Fsp3) is 0.533. The molecule has 1 rings (SSSR count). The lowest BCUT2D eigenvalue weighted by molar-refractivity contribution is 0.100. The molecule has 0 bridgehead atoms. The standard InChI is InChI=1S/C15H24FN3O/c1-9(2)5-4-6-10(3)19-14-7-11(15(18)20)13(17)8-12(14)16/h7-10,19H,4-6,17H2,1-3H3,(H2,18,20). The van der Waals surface area contributed by atoms with Crippen molar-refractivity contribution in [2.24, 2.45) is 11.7 Å². The smallest absolute Gasteiger partial charge is 0.250 e. The monoisotopic (exact) mass is 281 g/mol. The van der Waals surface area contributed by atoms with Gasteiger partial charge in [0, 0.05) is 11.7 Å². The zero-order valence-electron chi connectivity index (χ0n) is 12.4. The SMILES string of the molecule is CC(C)CCCC(C)Nc1cc(C(N)=O)c(N)cc1F. The summed E-state index contributed by atoms with van der Waals surface area (Å²) >= 11 is 0. The Kier molecular flexibility index (Phi) is 5.80. The van der Waals surface area contributed by atoms with E-state index in [1.165, 1.54) is 6.07 Å². The van der Waals surface area contributed by atoms with Crippen LogP contribution >= 0.6 is 0 Å². The van der Waals surface area contributed by atoms with Gasteiger partial charge in [0.1, 0.15) is 5.82 Å². The van der Waals surface area contributed by atoms with Gasteiger partial charge < -0.3 is 16.8 Å². The zero-order chi connectivity index (χ0) is 15.3. The molecule has 1 aromatic carbocycles. The van der Waals surface area contributed by atoms with Crippen molar-refractivity contribution in [2.75, 3.05) is 11.1 Å². The van der Waals surface area contributed by atoms with Crippen LogP contribution in [-0.4, -0.2) is 11.9 Å². The van der Waals surface area contributed by atoms with Crippen LogP contribution in [0.2, 0.25) is 0 Å².